The predicted molar refractivity (Wildman–Crippen MR) is 88.3 cm³/mol. The van der Waals surface area contributed by atoms with Crippen molar-refractivity contribution < 1.29 is 9.53 Å². The number of piperidine rings is 1. The third-order valence-electron chi connectivity index (χ3n) is 4.23. The molecule has 1 aliphatic heterocycles. The zero-order valence-corrected chi connectivity index (χ0v) is 13.4. The van der Waals surface area contributed by atoms with Crippen LogP contribution < -0.4 is 16.0 Å². The maximum Gasteiger partial charge on any atom is 0.326 e. The number of likely N-dealkylation sites (tertiary alicyclic amines) is 1. The minimum atomic E-state index is -0.680. The molecule has 0 spiro atoms. The molecule has 2 aromatic rings. The number of carbonyl (C=O) groups is 1. The van der Waals surface area contributed by atoms with Gasteiger partial charge in [0.2, 0.25) is 0 Å². The maximum absolute atomic E-state index is 12.8. The van der Waals surface area contributed by atoms with Crippen LogP contribution in [0.4, 0.5) is 0 Å². The number of ether oxygens (including phenoxy) is 1. The summed E-state index contributed by atoms with van der Waals surface area (Å²) in [6.07, 6.45) is 2.73. The van der Waals surface area contributed by atoms with Crippen molar-refractivity contribution in [2.24, 2.45) is 0 Å². The Morgan fingerprint density at radius 3 is 2.79 bits per heavy atom. The van der Waals surface area contributed by atoms with Crippen molar-refractivity contribution in [2.45, 2.75) is 25.3 Å². The quantitative estimate of drug-likeness (QED) is 0.891. The van der Waals surface area contributed by atoms with Gasteiger partial charge in [0, 0.05) is 12.6 Å². The first-order chi connectivity index (χ1) is 11.6. The second kappa shape index (κ2) is 6.74. The molecule has 0 bridgehead atoms. The van der Waals surface area contributed by atoms with Crippen LogP contribution in [0.15, 0.2) is 39.9 Å². The number of amides is 1. The summed E-state index contributed by atoms with van der Waals surface area (Å²) in [6.45, 7) is 0.579. The molecule has 0 unspecified atom stereocenters. The Morgan fingerprint density at radius 1 is 1.21 bits per heavy atom. The molecule has 1 aliphatic rings. The van der Waals surface area contributed by atoms with Crippen molar-refractivity contribution in [2.75, 3.05) is 13.7 Å². The monoisotopic (exact) mass is 329 g/mol. The topological polar surface area (TPSA) is 95.3 Å². The minimum absolute atomic E-state index is 0.0125. The number of carbonyl (C=O) groups excluding carboxylic acids is 1. The standard InChI is InChI=1S/C17H19N3O4/c1-24-12-6-4-5-11(9-12)14-7-2-3-8-20(14)16(22)13-10-15(21)19-17(23)18-13/h4-6,9-10,14H,2-3,7-8H2,1H3,(H2,18,19,21,23)/t14-/m0/s1. The number of hydrogen-bond acceptors (Lipinski definition) is 4. The van der Waals surface area contributed by atoms with Crippen LogP contribution >= 0.6 is 0 Å². The summed E-state index contributed by atoms with van der Waals surface area (Å²) in [5, 5.41) is 0. The highest BCUT2D eigenvalue weighted by molar-refractivity contribution is 5.92. The summed E-state index contributed by atoms with van der Waals surface area (Å²) in [5.41, 5.74) is -0.272. The zero-order valence-electron chi connectivity index (χ0n) is 13.4. The Balaban J connectivity index is 1.95. The van der Waals surface area contributed by atoms with Gasteiger partial charge in [0.15, 0.2) is 0 Å². The van der Waals surface area contributed by atoms with Crippen molar-refractivity contribution in [1.29, 1.82) is 0 Å². The van der Waals surface area contributed by atoms with E-state index in [-0.39, 0.29) is 17.6 Å². The van der Waals surface area contributed by atoms with Gasteiger partial charge in [0.05, 0.1) is 13.2 Å². The summed E-state index contributed by atoms with van der Waals surface area (Å²) in [7, 11) is 1.60. The lowest BCUT2D eigenvalue weighted by Gasteiger charge is -2.36. The molecular weight excluding hydrogens is 310 g/mol. The summed E-state index contributed by atoms with van der Waals surface area (Å²) in [5.74, 6) is 0.390. The van der Waals surface area contributed by atoms with Gasteiger partial charge in [-0.25, -0.2) is 4.79 Å². The molecule has 1 aromatic heterocycles. The highest BCUT2D eigenvalue weighted by Gasteiger charge is 2.29. The van der Waals surface area contributed by atoms with Gasteiger partial charge >= 0.3 is 5.69 Å². The van der Waals surface area contributed by atoms with Gasteiger partial charge < -0.3 is 14.6 Å². The number of aromatic amines is 2. The number of methoxy groups -OCH3 is 1. The Labute approximate surface area is 138 Å². The van der Waals surface area contributed by atoms with Gasteiger partial charge in [0.1, 0.15) is 11.4 Å². The fraction of sp³-hybridized carbons (Fsp3) is 0.353. The maximum atomic E-state index is 12.8. The molecule has 7 nitrogen and oxygen atoms in total. The van der Waals surface area contributed by atoms with Crippen LogP contribution in [0.3, 0.4) is 0 Å². The van der Waals surface area contributed by atoms with Crippen molar-refractivity contribution in [3.63, 3.8) is 0 Å². The average Bonchev–Trinajstić information content (AvgIpc) is 2.60. The Morgan fingerprint density at radius 2 is 2.04 bits per heavy atom. The van der Waals surface area contributed by atoms with Gasteiger partial charge in [-0.05, 0) is 37.0 Å². The molecule has 126 valence electrons. The molecular formula is C17H19N3O4. The van der Waals surface area contributed by atoms with Crippen LogP contribution in [-0.4, -0.2) is 34.4 Å². The number of nitrogens with one attached hydrogen (secondary N) is 2. The summed E-state index contributed by atoms with van der Waals surface area (Å²) in [6, 6.07) is 8.63. The third-order valence-corrected chi connectivity index (χ3v) is 4.23. The van der Waals surface area contributed by atoms with E-state index in [0.717, 1.165) is 36.6 Å². The van der Waals surface area contributed by atoms with Crippen LogP contribution in [0, 0.1) is 0 Å². The SMILES string of the molecule is COc1cccc([C@@H]2CCCCN2C(=O)c2cc(=O)[nH]c(=O)[nH]2)c1. The minimum Gasteiger partial charge on any atom is -0.497 e. The normalized spacial score (nSPS) is 17.5. The van der Waals surface area contributed by atoms with Crippen molar-refractivity contribution in [3.8, 4) is 5.75 Å². The second-order valence-corrected chi connectivity index (χ2v) is 5.79. The largest absolute Gasteiger partial charge is 0.497 e. The first-order valence-electron chi connectivity index (χ1n) is 7.87. The lowest BCUT2D eigenvalue weighted by molar-refractivity contribution is 0.0604. The van der Waals surface area contributed by atoms with E-state index in [1.807, 2.05) is 24.3 Å². The molecule has 7 heteroatoms. The molecule has 1 aromatic carbocycles. The van der Waals surface area contributed by atoms with Crippen LogP contribution in [0.5, 0.6) is 5.75 Å². The van der Waals surface area contributed by atoms with Crippen molar-refractivity contribution in [1.82, 2.24) is 14.9 Å². The van der Waals surface area contributed by atoms with E-state index in [4.69, 9.17) is 4.74 Å². The Kier molecular flexibility index (Phi) is 4.50. The highest BCUT2D eigenvalue weighted by Crippen LogP contribution is 2.33. The summed E-state index contributed by atoms with van der Waals surface area (Å²) in [4.78, 5) is 41.9. The summed E-state index contributed by atoms with van der Waals surface area (Å²) >= 11 is 0. The van der Waals surface area contributed by atoms with Crippen LogP contribution in [0.2, 0.25) is 0 Å². The molecule has 1 amide bonds. The molecule has 0 radical (unpaired) electrons. The van der Waals surface area contributed by atoms with E-state index in [2.05, 4.69) is 9.97 Å². The van der Waals surface area contributed by atoms with E-state index in [0.29, 0.717) is 6.54 Å². The first kappa shape index (κ1) is 16.0. The van der Waals surface area contributed by atoms with Gasteiger partial charge in [-0.3, -0.25) is 14.6 Å². The molecule has 24 heavy (non-hydrogen) atoms. The Bertz CT molecular complexity index is 827. The molecule has 2 N–H and O–H groups in total. The van der Waals surface area contributed by atoms with E-state index in [1.165, 1.54) is 0 Å². The fourth-order valence-corrected chi connectivity index (χ4v) is 3.11. The van der Waals surface area contributed by atoms with E-state index in [1.54, 1.807) is 12.0 Å². The van der Waals surface area contributed by atoms with Crippen molar-refractivity contribution >= 4 is 5.91 Å². The first-order valence-corrected chi connectivity index (χ1v) is 7.87. The number of aromatic nitrogens is 2. The van der Waals surface area contributed by atoms with Crippen LogP contribution in [0.25, 0.3) is 0 Å². The number of nitrogens with zero attached hydrogens (tertiary/aromatic N) is 1. The molecule has 0 saturated carbocycles. The molecule has 3 rings (SSSR count). The van der Waals surface area contributed by atoms with Gasteiger partial charge in [-0.15, -0.1) is 0 Å². The molecule has 2 heterocycles. The number of benzene rings is 1. The zero-order chi connectivity index (χ0) is 17.1. The smallest absolute Gasteiger partial charge is 0.326 e. The number of rotatable bonds is 3. The van der Waals surface area contributed by atoms with E-state index in [9.17, 15) is 14.4 Å². The highest BCUT2D eigenvalue weighted by atomic mass is 16.5. The van der Waals surface area contributed by atoms with E-state index >= 15 is 0 Å². The lowest BCUT2D eigenvalue weighted by atomic mass is 9.94. The summed E-state index contributed by atoms with van der Waals surface area (Å²) < 4.78 is 5.26. The molecule has 1 fully saturated rings. The Hall–Kier alpha value is -2.83. The number of H-pyrrole nitrogens is 2. The van der Waals surface area contributed by atoms with Crippen LogP contribution in [0.1, 0.15) is 41.4 Å². The third kappa shape index (κ3) is 3.24. The van der Waals surface area contributed by atoms with Gasteiger partial charge in [-0.2, -0.15) is 0 Å². The van der Waals surface area contributed by atoms with Crippen molar-refractivity contribution in [3.05, 3.63) is 62.4 Å². The predicted octanol–water partition coefficient (Wildman–Crippen LogP) is 1.44. The fourth-order valence-electron chi connectivity index (χ4n) is 3.11. The number of hydrogen-bond donors (Lipinski definition) is 2. The lowest BCUT2D eigenvalue weighted by Crippen LogP contribution is -2.40. The average molecular weight is 329 g/mol. The van der Waals surface area contributed by atoms with Crippen LogP contribution in [-0.2, 0) is 0 Å². The molecule has 1 saturated heterocycles. The van der Waals surface area contributed by atoms with Gasteiger partial charge in [0.25, 0.3) is 11.5 Å². The van der Waals surface area contributed by atoms with E-state index < -0.39 is 11.2 Å². The second-order valence-electron chi connectivity index (χ2n) is 5.79. The van der Waals surface area contributed by atoms with Gasteiger partial charge in [-0.1, -0.05) is 12.1 Å². The molecule has 0 aliphatic carbocycles. The molecule has 1 atom stereocenters.